The number of halogens is 4. The molecular weight excluding hydrogens is 352 g/mol. The van der Waals surface area contributed by atoms with Crippen molar-refractivity contribution in [2.45, 2.75) is 12.7 Å². The van der Waals surface area contributed by atoms with E-state index in [0.717, 1.165) is 12.1 Å². The van der Waals surface area contributed by atoms with E-state index in [4.69, 9.17) is 4.52 Å². The van der Waals surface area contributed by atoms with Crippen LogP contribution in [0.4, 0.5) is 17.6 Å². The zero-order chi connectivity index (χ0) is 18.7. The molecule has 3 aromatic rings. The van der Waals surface area contributed by atoms with Crippen molar-refractivity contribution in [2.24, 2.45) is 0 Å². The number of alkyl halides is 3. The quantitative estimate of drug-likeness (QED) is 0.697. The first-order valence-electron chi connectivity index (χ1n) is 7.50. The number of benzene rings is 2. The molecule has 8 heteroatoms. The molecule has 1 heterocycles. The van der Waals surface area contributed by atoms with E-state index >= 15 is 0 Å². The minimum atomic E-state index is -4.45. The molecule has 0 radical (unpaired) electrons. The van der Waals surface area contributed by atoms with Gasteiger partial charge in [0.25, 0.3) is 5.91 Å². The molecule has 3 rings (SSSR count). The molecule has 0 saturated carbocycles. The van der Waals surface area contributed by atoms with E-state index in [9.17, 15) is 22.4 Å². The van der Waals surface area contributed by atoms with E-state index in [1.54, 1.807) is 6.07 Å². The minimum absolute atomic E-state index is 0.112. The lowest BCUT2D eigenvalue weighted by molar-refractivity contribution is -0.137. The molecular formula is C18H12F4N2O2. The predicted octanol–water partition coefficient (Wildman–Crippen LogP) is 4.43. The summed E-state index contributed by atoms with van der Waals surface area (Å²) in [5.74, 6) is -1.23. The number of amides is 1. The second-order valence-electron chi connectivity index (χ2n) is 5.47. The Morgan fingerprint density at radius 3 is 2.58 bits per heavy atom. The lowest BCUT2D eigenvalue weighted by Gasteiger charge is -2.09. The van der Waals surface area contributed by atoms with Crippen LogP contribution in [-0.4, -0.2) is 11.1 Å². The molecule has 0 aliphatic rings. The van der Waals surface area contributed by atoms with Gasteiger partial charge >= 0.3 is 6.18 Å². The van der Waals surface area contributed by atoms with Crippen molar-refractivity contribution in [3.8, 4) is 11.3 Å². The molecule has 2 aromatic carbocycles. The third-order valence-electron chi connectivity index (χ3n) is 3.56. The number of nitrogens with zero attached hydrogens (tertiary/aromatic N) is 1. The van der Waals surface area contributed by atoms with E-state index in [1.165, 1.54) is 36.4 Å². The molecule has 26 heavy (non-hydrogen) atoms. The Balaban J connectivity index is 1.68. The van der Waals surface area contributed by atoms with Crippen LogP contribution in [0.1, 0.15) is 21.7 Å². The molecule has 0 aliphatic heterocycles. The van der Waals surface area contributed by atoms with Crippen LogP contribution in [0.15, 0.2) is 59.1 Å². The topological polar surface area (TPSA) is 55.1 Å². The Bertz CT molecular complexity index is 935. The Kier molecular flexibility index (Phi) is 4.75. The van der Waals surface area contributed by atoms with Crippen LogP contribution in [-0.2, 0) is 12.7 Å². The third kappa shape index (κ3) is 4.08. The largest absolute Gasteiger partial charge is 0.416 e. The van der Waals surface area contributed by atoms with E-state index < -0.39 is 23.5 Å². The van der Waals surface area contributed by atoms with E-state index in [1.807, 2.05) is 0 Å². The smallest absolute Gasteiger partial charge is 0.350 e. The van der Waals surface area contributed by atoms with Crippen molar-refractivity contribution < 1.29 is 26.9 Å². The summed E-state index contributed by atoms with van der Waals surface area (Å²) in [6, 6.07) is 11.6. The van der Waals surface area contributed by atoms with Gasteiger partial charge < -0.3 is 9.84 Å². The highest BCUT2D eigenvalue weighted by molar-refractivity contribution is 5.92. The van der Waals surface area contributed by atoms with Gasteiger partial charge in [0.2, 0.25) is 5.76 Å². The molecule has 0 aliphatic carbocycles. The van der Waals surface area contributed by atoms with Crippen LogP contribution in [0.2, 0.25) is 0 Å². The number of hydrogen-bond donors (Lipinski definition) is 1. The van der Waals surface area contributed by atoms with Gasteiger partial charge in [0.1, 0.15) is 11.5 Å². The van der Waals surface area contributed by atoms with Crippen LogP contribution in [0.3, 0.4) is 0 Å². The number of hydrogen-bond acceptors (Lipinski definition) is 3. The Morgan fingerprint density at radius 1 is 1.08 bits per heavy atom. The minimum Gasteiger partial charge on any atom is -0.350 e. The summed E-state index contributed by atoms with van der Waals surface area (Å²) < 4.78 is 56.2. The first-order chi connectivity index (χ1) is 12.3. The van der Waals surface area contributed by atoms with Crippen LogP contribution < -0.4 is 5.32 Å². The average molecular weight is 364 g/mol. The molecule has 0 bridgehead atoms. The maximum Gasteiger partial charge on any atom is 0.416 e. The van der Waals surface area contributed by atoms with Crippen LogP contribution in [0, 0.1) is 5.82 Å². The van der Waals surface area contributed by atoms with E-state index in [2.05, 4.69) is 10.5 Å². The van der Waals surface area contributed by atoms with Gasteiger partial charge in [-0.3, -0.25) is 4.79 Å². The molecule has 1 aromatic heterocycles. The normalized spacial score (nSPS) is 11.4. The molecule has 1 N–H and O–H groups in total. The van der Waals surface area contributed by atoms with Gasteiger partial charge in [-0.05, 0) is 29.8 Å². The van der Waals surface area contributed by atoms with E-state index in [0.29, 0.717) is 5.56 Å². The first-order valence-corrected chi connectivity index (χ1v) is 7.50. The predicted molar refractivity (Wildman–Crippen MR) is 84.5 cm³/mol. The zero-order valence-corrected chi connectivity index (χ0v) is 13.2. The molecule has 0 unspecified atom stereocenters. The van der Waals surface area contributed by atoms with Crippen molar-refractivity contribution in [1.82, 2.24) is 10.5 Å². The lowest BCUT2D eigenvalue weighted by atomic mass is 10.1. The summed E-state index contributed by atoms with van der Waals surface area (Å²) in [6.45, 7) is -0.112. The van der Waals surface area contributed by atoms with Crippen LogP contribution in [0.5, 0.6) is 0 Å². The lowest BCUT2D eigenvalue weighted by Crippen LogP contribution is -2.22. The average Bonchev–Trinajstić information content (AvgIpc) is 3.09. The van der Waals surface area contributed by atoms with Gasteiger partial charge in [0.05, 0.1) is 5.56 Å². The monoisotopic (exact) mass is 364 g/mol. The van der Waals surface area contributed by atoms with E-state index in [-0.39, 0.29) is 23.6 Å². The fourth-order valence-electron chi connectivity index (χ4n) is 2.29. The second-order valence-corrected chi connectivity index (χ2v) is 5.47. The summed E-state index contributed by atoms with van der Waals surface area (Å²) in [6.07, 6.45) is -4.45. The maximum atomic E-state index is 13.2. The second kappa shape index (κ2) is 6.99. The third-order valence-corrected chi connectivity index (χ3v) is 3.56. The SMILES string of the molecule is O=C(NCc1cccc(C(F)(F)F)c1)c1cc(-c2cccc(F)c2)no1. The molecule has 1 amide bonds. The highest BCUT2D eigenvalue weighted by atomic mass is 19.4. The summed E-state index contributed by atoms with van der Waals surface area (Å²) in [4.78, 5) is 12.1. The first kappa shape index (κ1) is 17.7. The summed E-state index contributed by atoms with van der Waals surface area (Å²) in [7, 11) is 0. The molecule has 0 atom stereocenters. The van der Waals surface area contributed by atoms with Gasteiger partial charge in [-0.1, -0.05) is 29.4 Å². The van der Waals surface area contributed by atoms with Crippen LogP contribution >= 0.6 is 0 Å². The summed E-state index contributed by atoms with van der Waals surface area (Å²) in [5, 5.41) is 6.15. The molecule has 0 fully saturated rings. The molecule has 0 saturated heterocycles. The fourth-order valence-corrected chi connectivity index (χ4v) is 2.29. The standard InChI is InChI=1S/C18H12F4N2O2/c19-14-6-2-4-12(8-14)15-9-16(26-24-15)17(25)23-10-11-3-1-5-13(7-11)18(20,21)22/h1-9H,10H2,(H,23,25). The number of rotatable bonds is 4. The van der Waals surface area contributed by atoms with Crippen molar-refractivity contribution in [3.05, 3.63) is 77.3 Å². The number of aromatic nitrogens is 1. The highest BCUT2D eigenvalue weighted by Gasteiger charge is 2.30. The number of carbonyl (C=O) groups excluding carboxylic acids is 1. The Hall–Kier alpha value is -3.16. The molecule has 4 nitrogen and oxygen atoms in total. The molecule has 134 valence electrons. The van der Waals surface area contributed by atoms with Crippen molar-refractivity contribution in [3.63, 3.8) is 0 Å². The maximum absolute atomic E-state index is 13.2. The van der Waals surface area contributed by atoms with Crippen molar-refractivity contribution >= 4 is 5.91 Å². The highest BCUT2D eigenvalue weighted by Crippen LogP contribution is 2.29. The van der Waals surface area contributed by atoms with Crippen molar-refractivity contribution in [1.29, 1.82) is 0 Å². The van der Waals surface area contributed by atoms with Gasteiger partial charge in [-0.25, -0.2) is 4.39 Å². The van der Waals surface area contributed by atoms with Gasteiger partial charge in [-0.15, -0.1) is 0 Å². The van der Waals surface area contributed by atoms with Gasteiger partial charge in [0.15, 0.2) is 0 Å². The van der Waals surface area contributed by atoms with Gasteiger partial charge in [-0.2, -0.15) is 13.2 Å². The van der Waals surface area contributed by atoms with Crippen molar-refractivity contribution in [2.75, 3.05) is 0 Å². The Morgan fingerprint density at radius 2 is 1.85 bits per heavy atom. The molecule has 0 spiro atoms. The van der Waals surface area contributed by atoms with Gasteiger partial charge in [0, 0.05) is 18.2 Å². The Labute approximate surface area is 145 Å². The number of nitrogens with one attached hydrogen (secondary N) is 1. The zero-order valence-electron chi connectivity index (χ0n) is 13.2. The summed E-state index contributed by atoms with van der Waals surface area (Å²) in [5.41, 5.74) is 0.203. The fraction of sp³-hybridized carbons (Fsp3) is 0.111. The summed E-state index contributed by atoms with van der Waals surface area (Å²) >= 11 is 0. The number of carbonyl (C=O) groups is 1. The van der Waals surface area contributed by atoms with Crippen LogP contribution in [0.25, 0.3) is 11.3 Å².